The number of carbonyl (C=O) groups excluding carboxylic acids is 2. The highest BCUT2D eigenvalue weighted by Gasteiger charge is 2.26. The number of aromatic nitrogens is 1. The number of thiazole rings is 1. The average molecular weight is 378 g/mol. The molecule has 0 radical (unpaired) electrons. The lowest BCUT2D eigenvalue weighted by atomic mass is 10.1. The second-order valence-corrected chi connectivity index (χ2v) is 7.76. The Labute approximate surface area is 156 Å². The summed E-state index contributed by atoms with van der Waals surface area (Å²) in [5, 5.41) is 1.56. The number of nitrogens with zero attached hydrogens (tertiary/aromatic N) is 3. The molecule has 2 heterocycles. The van der Waals surface area contributed by atoms with E-state index in [2.05, 4.69) is 4.98 Å². The summed E-state index contributed by atoms with van der Waals surface area (Å²) in [5.74, 6) is 0.104. The van der Waals surface area contributed by atoms with Crippen LogP contribution in [-0.2, 0) is 11.2 Å². The van der Waals surface area contributed by atoms with Gasteiger partial charge in [0, 0.05) is 31.2 Å². The molecule has 0 N–H and O–H groups in total. The van der Waals surface area contributed by atoms with Gasteiger partial charge in [-0.3, -0.25) is 9.59 Å². The van der Waals surface area contributed by atoms with Crippen LogP contribution in [-0.4, -0.2) is 52.8 Å². The zero-order valence-corrected chi connectivity index (χ0v) is 15.9. The van der Waals surface area contributed by atoms with E-state index in [1.807, 2.05) is 35.8 Å². The zero-order chi connectivity index (χ0) is 18.0. The maximum atomic E-state index is 12.6. The third-order valence-corrected chi connectivity index (χ3v) is 5.60. The summed E-state index contributed by atoms with van der Waals surface area (Å²) in [6, 6.07) is 7.32. The van der Waals surface area contributed by atoms with Crippen molar-refractivity contribution in [3.05, 3.63) is 50.4 Å². The Morgan fingerprint density at radius 2 is 1.68 bits per heavy atom. The molecule has 1 saturated heterocycles. The summed E-state index contributed by atoms with van der Waals surface area (Å²) < 4.78 is 0. The van der Waals surface area contributed by atoms with Crippen molar-refractivity contribution in [1.82, 2.24) is 14.8 Å². The number of halogens is 1. The largest absolute Gasteiger partial charge is 0.339 e. The minimum atomic E-state index is 0.0212. The Balaban J connectivity index is 1.56. The van der Waals surface area contributed by atoms with E-state index in [4.69, 9.17) is 11.6 Å². The van der Waals surface area contributed by atoms with Crippen LogP contribution >= 0.6 is 22.9 Å². The van der Waals surface area contributed by atoms with Gasteiger partial charge in [-0.1, -0.05) is 23.7 Å². The molecule has 0 atom stereocenters. The van der Waals surface area contributed by atoms with E-state index in [0.29, 0.717) is 42.5 Å². The highest BCUT2D eigenvalue weighted by Crippen LogP contribution is 2.20. The van der Waals surface area contributed by atoms with Gasteiger partial charge in [0.15, 0.2) is 0 Å². The van der Waals surface area contributed by atoms with Crippen molar-refractivity contribution in [3.8, 4) is 0 Å². The number of piperazine rings is 1. The van der Waals surface area contributed by atoms with Gasteiger partial charge in [-0.05, 0) is 31.5 Å². The van der Waals surface area contributed by atoms with Gasteiger partial charge in [-0.15, -0.1) is 11.3 Å². The van der Waals surface area contributed by atoms with E-state index >= 15 is 0 Å². The van der Waals surface area contributed by atoms with Crippen LogP contribution < -0.4 is 0 Å². The second-order valence-electron chi connectivity index (χ2n) is 6.12. The topological polar surface area (TPSA) is 53.5 Å². The number of carbonyl (C=O) groups is 2. The van der Waals surface area contributed by atoms with Gasteiger partial charge in [-0.25, -0.2) is 4.98 Å². The first-order chi connectivity index (χ1) is 11.9. The van der Waals surface area contributed by atoms with Gasteiger partial charge in [-0.2, -0.15) is 0 Å². The van der Waals surface area contributed by atoms with E-state index in [9.17, 15) is 9.59 Å². The molecule has 1 aromatic carbocycles. The first-order valence-electron chi connectivity index (χ1n) is 8.19. The van der Waals surface area contributed by atoms with Crippen LogP contribution in [0.15, 0.2) is 24.3 Å². The molecule has 1 aliphatic rings. The van der Waals surface area contributed by atoms with Crippen LogP contribution in [0.4, 0.5) is 0 Å². The molecule has 1 aliphatic heterocycles. The molecule has 5 nitrogen and oxygen atoms in total. The summed E-state index contributed by atoms with van der Waals surface area (Å²) in [4.78, 5) is 33.7. The van der Waals surface area contributed by atoms with E-state index in [1.165, 1.54) is 11.3 Å². The SMILES string of the molecule is Cc1nc(C)c(C(=O)N2CCN(C(=O)Cc3ccc(Cl)cc3)CC2)s1. The highest BCUT2D eigenvalue weighted by atomic mass is 35.5. The number of amides is 2. The first kappa shape index (κ1) is 17.9. The van der Waals surface area contributed by atoms with Gasteiger partial charge >= 0.3 is 0 Å². The van der Waals surface area contributed by atoms with Gasteiger partial charge in [0.2, 0.25) is 5.91 Å². The van der Waals surface area contributed by atoms with Crippen molar-refractivity contribution in [2.45, 2.75) is 20.3 Å². The van der Waals surface area contributed by atoms with E-state index in [-0.39, 0.29) is 11.8 Å². The fourth-order valence-corrected chi connectivity index (χ4v) is 3.93. The lowest BCUT2D eigenvalue weighted by Gasteiger charge is -2.34. The molecule has 1 fully saturated rings. The van der Waals surface area contributed by atoms with Crippen molar-refractivity contribution in [1.29, 1.82) is 0 Å². The van der Waals surface area contributed by atoms with E-state index in [0.717, 1.165) is 16.3 Å². The monoisotopic (exact) mass is 377 g/mol. The molecular weight excluding hydrogens is 358 g/mol. The average Bonchev–Trinajstić information content (AvgIpc) is 2.94. The highest BCUT2D eigenvalue weighted by molar-refractivity contribution is 7.13. The quantitative estimate of drug-likeness (QED) is 0.826. The summed E-state index contributed by atoms with van der Waals surface area (Å²) >= 11 is 7.30. The van der Waals surface area contributed by atoms with Gasteiger partial charge in [0.05, 0.1) is 17.1 Å². The van der Waals surface area contributed by atoms with Crippen molar-refractivity contribution in [3.63, 3.8) is 0 Å². The van der Waals surface area contributed by atoms with Gasteiger partial charge < -0.3 is 9.80 Å². The van der Waals surface area contributed by atoms with E-state index < -0.39 is 0 Å². The fourth-order valence-electron chi connectivity index (χ4n) is 2.92. The Morgan fingerprint density at radius 3 is 2.24 bits per heavy atom. The maximum absolute atomic E-state index is 12.6. The van der Waals surface area contributed by atoms with Crippen molar-refractivity contribution >= 4 is 34.8 Å². The molecule has 2 aromatic rings. The second kappa shape index (κ2) is 7.54. The predicted molar refractivity (Wildman–Crippen MR) is 99.2 cm³/mol. The minimum Gasteiger partial charge on any atom is -0.339 e. The number of hydrogen-bond donors (Lipinski definition) is 0. The third kappa shape index (κ3) is 4.19. The molecule has 0 unspecified atom stereocenters. The standard InChI is InChI=1S/C18H20ClN3O2S/c1-12-17(25-13(2)20-12)18(24)22-9-7-21(8-10-22)16(23)11-14-3-5-15(19)6-4-14/h3-6H,7-11H2,1-2H3. The third-order valence-electron chi connectivity index (χ3n) is 4.29. The predicted octanol–water partition coefficient (Wildman–Crippen LogP) is 2.94. The molecule has 25 heavy (non-hydrogen) atoms. The Bertz CT molecular complexity index is 780. The summed E-state index contributed by atoms with van der Waals surface area (Å²) in [7, 11) is 0. The maximum Gasteiger partial charge on any atom is 0.265 e. The Morgan fingerprint density at radius 1 is 1.08 bits per heavy atom. The molecule has 132 valence electrons. The number of rotatable bonds is 3. The Kier molecular flexibility index (Phi) is 5.39. The lowest BCUT2D eigenvalue weighted by molar-refractivity contribution is -0.131. The number of aryl methyl sites for hydroxylation is 2. The smallest absolute Gasteiger partial charge is 0.265 e. The summed E-state index contributed by atoms with van der Waals surface area (Å²) in [6.45, 7) is 6.01. The zero-order valence-electron chi connectivity index (χ0n) is 14.3. The van der Waals surface area contributed by atoms with Crippen LogP contribution in [0.3, 0.4) is 0 Å². The van der Waals surface area contributed by atoms with Crippen LogP contribution in [0.2, 0.25) is 5.02 Å². The van der Waals surface area contributed by atoms with Gasteiger partial charge in [0.1, 0.15) is 4.88 Å². The summed E-state index contributed by atoms with van der Waals surface area (Å²) in [6.07, 6.45) is 0.359. The Hall–Kier alpha value is -1.92. The lowest BCUT2D eigenvalue weighted by Crippen LogP contribution is -2.51. The molecule has 0 spiro atoms. The molecule has 1 aromatic heterocycles. The molecule has 3 rings (SSSR count). The van der Waals surface area contributed by atoms with Crippen LogP contribution in [0.1, 0.15) is 25.9 Å². The van der Waals surface area contributed by atoms with Crippen molar-refractivity contribution < 1.29 is 9.59 Å². The fraction of sp³-hybridized carbons (Fsp3) is 0.389. The molecule has 7 heteroatoms. The summed E-state index contributed by atoms with van der Waals surface area (Å²) in [5.41, 5.74) is 1.73. The van der Waals surface area contributed by atoms with Crippen molar-refractivity contribution in [2.75, 3.05) is 26.2 Å². The molecule has 0 aliphatic carbocycles. The molecule has 2 amide bonds. The van der Waals surface area contributed by atoms with Crippen LogP contribution in [0.5, 0.6) is 0 Å². The van der Waals surface area contributed by atoms with Gasteiger partial charge in [0.25, 0.3) is 5.91 Å². The normalized spacial score (nSPS) is 14.7. The van der Waals surface area contributed by atoms with Crippen LogP contribution in [0.25, 0.3) is 0 Å². The molecular formula is C18H20ClN3O2S. The minimum absolute atomic E-state index is 0.0212. The number of benzene rings is 1. The first-order valence-corrected chi connectivity index (χ1v) is 9.39. The van der Waals surface area contributed by atoms with E-state index in [1.54, 1.807) is 12.1 Å². The number of hydrogen-bond acceptors (Lipinski definition) is 4. The molecule has 0 saturated carbocycles. The molecule has 0 bridgehead atoms. The van der Waals surface area contributed by atoms with Crippen molar-refractivity contribution in [2.24, 2.45) is 0 Å². The van der Waals surface area contributed by atoms with Crippen LogP contribution in [0, 0.1) is 13.8 Å².